The van der Waals surface area contributed by atoms with Gasteiger partial charge in [-0.3, -0.25) is 9.59 Å². The van der Waals surface area contributed by atoms with Gasteiger partial charge in [0, 0.05) is 4.88 Å². The quantitative estimate of drug-likeness (QED) is 0.417. The van der Waals surface area contributed by atoms with Crippen LogP contribution in [0.15, 0.2) is 40.9 Å². The molecule has 0 saturated heterocycles. The molecular formula is C21H21NO5S. The van der Waals surface area contributed by atoms with E-state index >= 15 is 0 Å². The number of ketones is 1. The van der Waals surface area contributed by atoms with Crippen LogP contribution in [0.3, 0.4) is 0 Å². The number of benzene rings is 1. The molecule has 0 spiro atoms. The average Bonchev–Trinajstić information content (AvgIpc) is 3.25. The Hall–Kier alpha value is -2.93. The Balaban J connectivity index is 1.47. The molecule has 0 aliphatic rings. The standard InChI is InChI=1S/C21H21NO5S/c1-13-4-9-20(28-13)19(23)12-26-21(24)10-16-5-7-17(8-6-16)25-11-18-14(2)22-27-15(18)3/h4-9H,10-12H2,1-3H3. The number of aryl methyl sites for hydroxylation is 3. The van der Waals surface area contributed by atoms with E-state index in [1.54, 1.807) is 30.3 Å². The predicted molar refractivity (Wildman–Crippen MR) is 105 cm³/mol. The van der Waals surface area contributed by atoms with Gasteiger partial charge >= 0.3 is 5.97 Å². The van der Waals surface area contributed by atoms with Crippen LogP contribution in [0.1, 0.15) is 37.1 Å². The zero-order valence-corrected chi connectivity index (χ0v) is 16.8. The van der Waals surface area contributed by atoms with Crippen molar-refractivity contribution in [3.05, 3.63) is 68.7 Å². The van der Waals surface area contributed by atoms with Gasteiger partial charge in [0.25, 0.3) is 0 Å². The number of aromatic nitrogens is 1. The van der Waals surface area contributed by atoms with Crippen LogP contribution < -0.4 is 4.74 Å². The Kier molecular flexibility index (Phi) is 6.26. The summed E-state index contributed by atoms with van der Waals surface area (Å²) in [4.78, 5) is 25.6. The van der Waals surface area contributed by atoms with Gasteiger partial charge in [0.05, 0.1) is 22.6 Å². The number of carbonyl (C=O) groups excluding carboxylic acids is 2. The van der Waals surface area contributed by atoms with Gasteiger partial charge in [-0.1, -0.05) is 17.3 Å². The van der Waals surface area contributed by atoms with Crippen LogP contribution in [0.2, 0.25) is 0 Å². The number of ether oxygens (including phenoxy) is 2. The molecule has 0 aliphatic heterocycles. The first-order valence-corrected chi connectivity index (χ1v) is 9.63. The van der Waals surface area contributed by atoms with Crippen LogP contribution in [0.25, 0.3) is 0 Å². The zero-order chi connectivity index (χ0) is 20.1. The molecule has 2 aromatic heterocycles. The summed E-state index contributed by atoms with van der Waals surface area (Å²) in [6, 6.07) is 10.8. The smallest absolute Gasteiger partial charge is 0.310 e. The van der Waals surface area contributed by atoms with Crippen LogP contribution in [-0.4, -0.2) is 23.5 Å². The van der Waals surface area contributed by atoms with Crippen LogP contribution in [0, 0.1) is 20.8 Å². The molecule has 0 saturated carbocycles. The van der Waals surface area contributed by atoms with Crippen molar-refractivity contribution in [3.63, 3.8) is 0 Å². The summed E-state index contributed by atoms with van der Waals surface area (Å²) in [5.74, 6) is 0.796. The van der Waals surface area contributed by atoms with E-state index in [1.165, 1.54) is 11.3 Å². The minimum atomic E-state index is -0.439. The molecule has 3 rings (SSSR count). The van der Waals surface area contributed by atoms with E-state index in [0.717, 1.165) is 27.5 Å². The molecular weight excluding hydrogens is 378 g/mol. The first kappa shape index (κ1) is 19.8. The summed E-state index contributed by atoms with van der Waals surface area (Å²) in [6.07, 6.45) is 0.0981. The van der Waals surface area contributed by atoms with Crippen LogP contribution in [0.5, 0.6) is 5.75 Å². The van der Waals surface area contributed by atoms with Gasteiger partial charge in [-0.2, -0.15) is 0 Å². The Bertz CT molecular complexity index is 952. The fourth-order valence-electron chi connectivity index (χ4n) is 2.59. The number of rotatable bonds is 8. The van der Waals surface area contributed by atoms with Gasteiger partial charge in [-0.05, 0) is 50.6 Å². The monoisotopic (exact) mass is 399 g/mol. The van der Waals surface area contributed by atoms with E-state index in [-0.39, 0.29) is 18.8 Å². The molecule has 0 N–H and O–H groups in total. The average molecular weight is 399 g/mol. The molecule has 0 amide bonds. The third-order valence-electron chi connectivity index (χ3n) is 4.22. The molecule has 3 aromatic rings. The largest absolute Gasteiger partial charge is 0.489 e. The normalized spacial score (nSPS) is 10.7. The van der Waals surface area contributed by atoms with Gasteiger partial charge in [-0.15, -0.1) is 11.3 Å². The predicted octanol–water partition coefficient (Wildman–Crippen LogP) is 4.21. The van der Waals surface area contributed by atoms with E-state index in [0.29, 0.717) is 17.2 Å². The highest BCUT2D eigenvalue weighted by molar-refractivity contribution is 7.14. The van der Waals surface area contributed by atoms with Crippen molar-refractivity contribution in [2.45, 2.75) is 33.8 Å². The second kappa shape index (κ2) is 8.84. The van der Waals surface area contributed by atoms with E-state index in [9.17, 15) is 9.59 Å². The summed E-state index contributed by atoms with van der Waals surface area (Å²) in [7, 11) is 0. The lowest BCUT2D eigenvalue weighted by atomic mass is 10.1. The Labute approximate surface area is 167 Å². The number of hydrogen-bond acceptors (Lipinski definition) is 7. The Morgan fingerprint density at radius 1 is 1.07 bits per heavy atom. The van der Waals surface area contributed by atoms with Crippen LogP contribution >= 0.6 is 11.3 Å². The summed E-state index contributed by atoms with van der Waals surface area (Å²) in [5.41, 5.74) is 2.52. The molecule has 0 unspecified atom stereocenters. The molecule has 6 nitrogen and oxygen atoms in total. The summed E-state index contributed by atoms with van der Waals surface area (Å²) in [6.45, 7) is 5.77. The summed E-state index contributed by atoms with van der Waals surface area (Å²) >= 11 is 1.39. The van der Waals surface area contributed by atoms with Crippen molar-refractivity contribution < 1.29 is 23.6 Å². The SMILES string of the molecule is Cc1ccc(C(=O)COC(=O)Cc2ccc(OCc3c(C)noc3C)cc2)s1. The van der Waals surface area contributed by atoms with Crippen molar-refractivity contribution in [1.82, 2.24) is 5.16 Å². The first-order chi connectivity index (χ1) is 13.4. The number of esters is 1. The van der Waals surface area contributed by atoms with Crippen molar-refractivity contribution in [2.24, 2.45) is 0 Å². The molecule has 28 heavy (non-hydrogen) atoms. The third-order valence-corrected chi connectivity index (χ3v) is 5.26. The van der Waals surface area contributed by atoms with Crippen molar-refractivity contribution >= 4 is 23.1 Å². The number of hydrogen-bond donors (Lipinski definition) is 0. The van der Waals surface area contributed by atoms with E-state index in [1.807, 2.05) is 26.8 Å². The number of carbonyl (C=O) groups is 2. The fraction of sp³-hybridized carbons (Fsp3) is 0.286. The van der Waals surface area contributed by atoms with Crippen LogP contribution in [0.4, 0.5) is 0 Å². The lowest BCUT2D eigenvalue weighted by molar-refractivity contribution is -0.141. The number of thiophene rings is 1. The molecule has 2 heterocycles. The van der Waals surface area contributed by atoms with Crippen LogP contribution in [-0.2, 0) is 22.6 Å². The highest BCUT2D eigenvalue weighted by Crippen LogP contribution is 2.19. The lowest BCUT2D eigenvalue weighted by Gasteiger charge is -2.07. The van der Waals surface area contributed by atoms with Crippen molar-refractivity contribution in [2.75, 3.05) is 6.61 Å². The van der Waals surface area contributed by atoms with E-state index < -0.39 is 5.97 Å². The second-order valence-electron chi connectivity index (χ2n) is 6.41. The Morgan fingerprint density at radius 3 is 2.43 bits per heavy atom. The zero-order valence-electron chi connectivity index (χ0n) is 16.0. The van der Waals surface area contributed by atoms with Crippen molar-refractivity contribution in [1.29, 1.82) is 0 Å². The van der Waals surface area contributed by atoms with Gasteiger partial charge in [-0.25, -0.2) is 0 Å². The third kappa shape index (κ3) is 5.07. The first-order valence-electron chi connectivity index (χ1n) is 8.81. The highest BCUT2D eigenvalue weighted by Gasteiger charge is 2.13. The van der Waals surface area contributed by atoms with Gasteiger partial charge in [0.2, 0.25) is 5.78 Å². The lowest BCUT2D eigenvalue weighted by Crippen LogP contribution is -2.14. The maximum atomic E-state index is 12.0. The minimum absolute atomic E-state index is 0.0981. The minimum Gasteiger partial charge on any atom is -0.489 e. The van der Waals surface area contributed by atoms with Gasteiger partial charge in [0.1, 0.15) is 18.1 Å². The van der Waals surface area contributed by atoms with Crippen molar-refractivity contribution in [3.8, 4) is 5.75 Å². The van der Waals surface area contributed by atoms with E-state index in [4.69, 9.17) is 14.0 Å². The number of nitrogens with zero attached hydrogens (tertiary/aromatic N) is 1. The molecule has 0 radical (unpaired) electrons. The molecule has 0 bridgehead atoms. The Morgan fingerprint density at radius 2 is 1.82 bits per heavy atom. The molecule has 1 aromatic carbocycles. The molecule has 0 fully saturated rings. The second-order valence-corrected chi connectivity index (χ2v) is 7.69. The molecule has 0 aliphatic carbocycles. The maximum Gasteiger partial charge on any atom is 0.310 e. The van der Waals surface area contributed by atoms with E-state index in [2.05, 4.69) is 5.16 Å². The topological polar surface area (TPSA) is 78.6 Å². The summed E-state index contributed by atoms with van der Waals surface area (Å²) < 4.78 is 15.9. The molecule has 146 valence electrons. The maximum absolute atomic E-state index is 12.0. The molecule has 7 heteroatoms. The summed E-state index contributed by atoms with van der Waals surface area (Å²) in [5, 5.41) is 3.90. The van der Waals surface area contributed by atoms with Gasteiger partial charge < -0.3 is 14.0 Å². The highest BCUT2D eigenvalue weighted by atomic mass is 32.1. The molecule has 0 atom stereocenters. The fourth-order valence-corrected chi connectivity index (χ4v) is 3.38. The number of Topliss-reactive ketones (excluding diaryl/α,β-unsaturated/α-hetero) is 1. The van der Waals surface area contributed by atoms with Gasteiger partial charge in [0.15, 0.2) is 6.61 Å².